The summed E-state index contributed by atoms with van der Waals surface area (Å²) in [6.07, 6.45) is -4.35. The average molecular weight is 482 g/mol. The Hall–Kier alpha value is -3.11. The van der Waals surface area contributed by atoms with Gasteiger partial charge in [0, 0.05) is 45.0 Å². The van der Waals surface area contributed by atoms with Crippen LogP contribution in [-0.4, -0.2) is 46.9 Å². The molecule has 1 fully saturated rings. The minimum Gasteiger partial charge on any atom is -0.381 e. The van der Waals surface area contributed by atoms with Crippen LogP contribution in [0.1, 0.15) is 5.56 Å². The number of hydrogen-bond acceptors (Lipinski definition) is 7. The summed E-state index contributed by atoms with van der Waals surface area (Å²) in [5, 5.41) is 0. The summed E-state index contributed by atoms with van der Waals surface area (Å²) in [6, 6.07) is 8.50. The second-order valence-corrected chi connectivity index (χ2v) is 9.50. The third-order valence-corrected chi connectivity index (χ3v) is 7.33. The van der Waals surface area contributed by atoms with Gasteiger partial charge in [-0.2, -0.15) is 17.7 Å². The maximum absolute atomic E-state index is 12.9. The molecule has 0 N–H and O–H groups in total. The number of halogens is 3. The largest absolute Gasteiger partial charge is 0.667 e. The second kappa shape index (κ2) is 6.94. The number of piperazine rings is 1. The van der Waals surface area contributed by atoms with Gasteiger partial charge in [0.15, 0.2) is 11.3 Å². The first kappa shape index (κ1) is 20.5. The van der Waals surface area contributed by atoms with Crippen LogP contribution < -0.4 is 24.3 Å². The van der Waals surface area contributed by atoms with Gasteiger partial charge in [-0.1, -0.05) is 0 Å². The molecule has 1 aromatic heterocycles. The molecule has 0 saturated carbocycles. The molecule has 1 atom stereocenters. The number of phosphoric ester groups is 1. The van der Waals surface area contributed by atoms with Crippen LogP contribution in [0.3, 0.4) is 0 Å². The molecule has 1 saturated heterocycles. The van der Waals surface area contributed by atoms with Gasteiger partial charge in [-0.15, -0.1) is 4.73 Å². The first-order valence-electron chi connectivity index (χ1n) is 10.3. The standard InChI is InChI=1S/C20H18F3N4O5P/c21-20(22,23)13-1-3-14(4-2-13)25-10-7-24(8-11-25)9-12-26-15-5-6-16-18-17(15)27(19(26)28)32-33(29,30-16)31-18/h1-6H,7-12H2. The summed E-state index contributed by atoms with van der Waals surface area (Å²) < 4.78 is 69.0. The lowest BCUT2D eigenvalue weighted by molar-refractivity contribution is -0.137. The highest BCUT2D eigenvalue weighted by Crippen LogP contribution is 2.61. The summed E-state index contributed by atoms with van der Waals surface area (Å²) in [6.45, 7) is 3.70. The number of nitrogens with zero attached hydrogens (tertiary/aromatic N) is 4. The van der Waals surface area contributed by atoms with Crippen molar-refractivity contribution in [3.8, 4) is 11.5 Å². The molecule has 174 valence electrons. The second-order valence-electron chi connectivity index (χ2n) is 8.07. The first-order chi connectivity index (χ1) is 15.7. The molecule has 3 aliphatic rings. The molecule has 0 spiro atoms. The Balaban J connectivity index is 1.14. The van der Waals surface area contributed by atoms with Crippen LogP contribution in [0.15, 0.2) is 41.2 Å². The van der Waals surface area contributed by atoms with Crippen molar-refractivity contribution in [2.75, 3.05) is 37.6 Å². The van der Waals surface area contributed by atoms with Crippen LogP contribution in [-0.2, 0) is 17.3 Å². The molecule has 0 amide bonds. The molecular formula is C20H18F3N4O5P. The molecule has 0 radical (unpaired) electrons. The lowest BCUT2D eigenvalue weighted by Crippen LogP contribution is -2.47. The molecule has 2 aromatic carbocycles. The van der Waals surface area contributed by atoms with Gasteiger partial charge in [-0.3, -0.25) is 14.1 Å². The highest BCUT2D eigenvalue weighted by molar-refractivity contribution is 7.50. The van der Waals surface area contributed by atoms with E-state index in [1.807, 2.05) is 4.90 Å². The van der Waals surface area contributed by atoms with Crippen molar-refractivity contribution >= 4 is 24.5 Å². The molecule has 0 aliphatic carbocycles. The predicted octanol–water partition coefficient (Wildman–Crippen LogP) is 2.97. The molecule has 9 nitrogen and oxygen atoms in total. The number of fused-ring (bicyclic) bond motifs is 1. The molecule has 4 heterocycles. The Morgan fingerprint density at radius 2 is 1.67 bits per heavy atom. The molecule has 6 rings (SSSR count). The minimum absolute atomic E-state index is 0.253. The summed E-state index contributed by atoms with van der Waals surface area (Å²) >= 11 is 0. The van der Waals surface area contributed by atoms with Crippen LogP contribution in [0.4, 0.5) is 18.9 Å². The van der Waals surface area contributed by atoms with Gasteiger partial charge in [0.05, 0.1) is 11.1 Å². The number of anilines is 1. The van der Waals surface area contributed by atoms with Crippen LogP contribution in [0.2, 0.25) is 0 Å². The van der Waals surface area contributed by atoms with Crippen LogP contribution in [0, 0.1) is 0 Å². The molecule has 33 heavy (non-hydrogen) atoms. The highest BCUT2D eigenvalue weighted by Gasteiger charge is 2.48. The zero-order chi connectivity index (χ0) is 23.0. The molecule has 2 bridgehead atoms. The van der Waals surface area contributed by atoms with Crippen molar-refractivity contribution in [3.05, 3.63) is 52.4 Å². The van der Waals surface area contributed by atoms with E-state index in [2.05, 4.69) is 4.90 Å². The fourth-order valence-corrected chi connectivity index (χ4v) is 5.67. The molecular weight excluding hydrogens is 464 g/mol. The fourth-order valence-electron chi connectivity index (χ4n) is 4.43. The van der Waals surface area contributed by atoms with E-state index in [9.17, 15) is 22.5 Å². The van der Waals surface area contributed by atoms with Crippen molar-refractivity contribution < 1.29 is 31.4 Å². The van der Waals surface area contributed by atoms with Crippen molar-refractivity contribution in [2.24, 2.45) is 0 Å². The smallest absolute Gasteiger partial charge is 0.381 e. The van der Waals surface area contributed by atoms with Crippen molar-refractivity contribution in [2.45, 2.75) is 12.7 Å². The third kappa shape index (κ3) is 3.27. The average Bonchev–Trinajstić information content (AvgIpc) is 3.24. The summed E-state index contributed by atoms with van der Waals surface area (Å²) in [4.78, 5) is 17.1. The van der Waals surface area contributed by atoms with Gasteiger partial charge >= 0.3 is 19.7 Å². The van der Waals surface area contributed by atoms with Crippen molar-refractivity contribution in [1.82, 2.24) is 14.2 Å². The van der Waals surface area contributed by atoms with E-state index in [0.717, 1.165) is 22.6 Å². The number of phosphoric acid groups is 1. The lowest BCUT2D eigenvalue weighted by atomic mass is 10.1. The highest BCUT2D eigenvalue weighted by atomic mass is 31.2. The van der Waals surface area contributed by atoms with Gasteiger partial charge in [0.2, 0.25) is 5.75 Å². The summed E-state index contributed by atoms with van der Waals surface area (Å²) in [7, 11) is -3.85. The van der Waals surface area contributed by atoms with Crippen LogP contribution in [0.5, 0.6) is 11.5 Å². The van der Waals surface area contributed by atoms with Crippen LogP contribution >= 0.6 is 7.82 Å². The molecule has 3 aliphatic heterocycles. The summed E-state index contributed by atoms with van der Waals surface area (Å²) in [5.74, 6) is 0.539. The monoisotopic (exact) mass is 482 g/mol. The maximum Gasteiger partial charge on any atom is 0.667 e. The first-order valence-corrected chi connectivity index (χ1v) is 11.8. The maximum atomic E-state index is 12.9. The van der Waals surface area contributed by atoms with E-state index in [1.54, 1.807) is 16.7 Å². The number of rotatable bonds is 4. The van der Waals surface area contributed by atoms with Crippen molar-refractivity contribution in [3.63, 3.8) is 0 Å². The number of imidazole rings is 1. The van der Waals surface area contributed by atoms with Gasteiger partial charge in [-0.25, -0.2) is 4.79 Å². The molecule has 3 aromatic rings. The summed E-state index contributed by atoms with van der Waals surface area (Å²) in [5.41, 5.74) is 0.626. The van der Waals surface area contributed by atoms with E-state index in [0.29, 0.717) is 50.3 Å². The number of aromatic nitrogens is 2. The van der Waals surface area contributed by atoms with E-state index < -0.39 is 25.3 Å². The topological polar surface area (TPSA) is 78.2 Å². The third-order valence-electron chi connectivity index (χ3n) is 6.14. The Bertz CT molecular complexity index is 1360. The van der Waals surface area contributed by atoms with E-state index in [1.165, 1.54) is 12.1 Å². The van der Waals surface area contributed by atoms with E-state index in [4.69, 9.17) is 13.7 Å². The Morgan fingerprint density at radius 1 is 0.939 bits per heavy atom. The molecule has 13 heteroatoms. The molecule has 1 unspecified atom stereocenters. The number of alkyl halides is 3. The Morgan fingerprint density at radius 3 is 2.36 bits per heavy atom. The minimum atomic E-state index is -4.35. The van der Waals surface area contributed by atoms with Gasteiger partial charge in [-0.05, 0) is 36.4 Å². The van der Waals surface area contributed by atoms with Gasteiger partial charge in [0.25, 0.3) is 0 Å². The van der Waals surface area contributed by atoms with Gasteiger partial charge in [0.1, 0.15) is 0 Å². The van der Waals surface area contributed by atoms with E-state index >= 15 is 0 Å². The number of hydrogen-bond donors (Lipinski definition) is 0. The normalized spacial score (nSPS) is 21.8. The van der Waals surface area contributed by atoms with Crippen LogP contribution in [0.25, 0.3) is 11.0 Å². The predicted molar refractivity (Wildman–Crippen MR) is 112 cm³/mol. The zero-order valence-corrected chi connectivity index (χ0v) is 18.0. The van der Waals surface area contributed by atoms with Crippen molar-refractivity contribution in [1.29, 1.82) is 0 Å². The SMILES string of the molecule is O=c1n(CCN2CCN(c3ccc(C(F)(F)F)cc3)CC2)c2ccc3c4c2n1OP(=O)(O3)O4. The fraction of sp³-hybridized carbons (Fsp3) is 0.350. The lowest BCUT2D eigenvalue weighted by Gasteiger charge is -2.36. The Kier molecular flexibility index (Phi) is 4.31. The quantitative estimate of drug-likeness (QED) is 0.530. The number of benzene rings is 2. The van der Waals surface area contributed by atoms with E-state index in [-0.39, 0.29) is 11.5 Å². The van der Waals surface area contributed by atoms with Gasteiger partial charge < -0.3 is 13.9 Å². The Labute approximate surface area is 185 Å². The zero-order valence-electron chi connectivity index (χ0n) is 17.1.